The van der Waals surface area contributed by atoms with Gasteiger partial charge in [-0.2, -0.15) is 5.26 Å². The quantitative estimate of drug-likeness (QED) is 0.819. The molecule has 0 atom stereocenters. The summed E-state index contributed by atoms with van der Waals surface area (Å²) < 4.78 is 0.471. The van der Waals surface area contributed by atoms with E-state index in [9.17, 15) is 4.79 Å². The Hall–Kier alpha value is -1.34. The zero-order valence-electron chi connectivity index (χ0n) is 6.84. The number of hydrogen-bond donors (Lipinski definition) is 1. The monoisotopic (exact) mass is 239 g/mol. The van der Waals surface area contributed by atoms with Crippen molar-refractivity contribution in [1.82, 2.24) is 0 Å². The minimum Gasteiger partial charge on any atom is -0.478 e. The van der Waals surface area contributed by atoms with Crippen molar-refractivity contribution in [3.8, 4) is 6.07 Å². The van der Waals surface area contributed by atoms with Gasteiger partial charge in [0.2, 0.25) is 0 Å². The van der Waals surface area contributed by atoms with Crippen molar-refractivity contribution < 1.29 is 9.90 Å². The van der Waals surface area contributed by atoms with Crippen molar-refractivity contribution in [1.29, 1.82) is 5.26 Å². The smallest absolute Gasteiger partial charge is 0.338 e. The van der Waals surface area contributed by atoms with Crippen LogP contribution >= 0.6 is 15.9 Å². The first-order chi connectivity index (χ1) is 6.07. The van der Waals surface area contributed by atoms with Gasteiger partial charge in [-0.1, -0.05) is 6.07 Å². The van der Waals surface area contributed by atoms with Crippen molar-refractivity contribution in [2.24, 2.45) is 0 Å². The number of nitrogens with zero attached hydrogens (tertiary/aromatic N) is 1. The van der Waals surface area contributed by atoms with E-state index in [1.54, 1.807) is 13.0 Å². The van der Waals surface area contributed by atoms with Gasteiger partial charge < -0.3 is 5.11 Å². The van der Waals surface area contributed by atoms with Crippen LogP contribution in [0.4, 0.5) is 0 Å². The van der Waals surface area contributed by atoms with Crippen molar-refractivity contribution in [2.75, 3.05) is 0 Å². The second-order valence-electron chi connectivity index (χ2n) is 2.54. The molecule has 1 aromatic rings. The number of carboxylic acids is 1. The molecule has 0 saturated heterocycles. The van der Waals surface area contributed by atoms with Gasteiger partial charge in [-0.15, -0.1) is 0 Å². The minimum atomic E-state index is -1.09. The molecule has 1 N–H and O–H groups in total. The van der Waals surface area contributed by atoms with E-state index in [1.807, 2.05) is 6.07 Å². The molecule has 0 aromatic heterocycles. The van der Waals surface area contributed by atoms with Gasteiger partial charge in [0, 0.05) is 4.47 Å². The van der Waals surface area contributed by atoms with Gasteiger partial charge >= 0.3 is 5.97 Å². The average molecular weight is 240 g/mol. The molecule has 13 heavy (non-hydrogen) atoms. The zero-order chi connectivity index (χ0) is 10.0. The lowest BCUT2D eigenvalue weighted by atomic mass is 10.1. The van der Waals surface area contributed by atoms with Crippen LogP contribution in [0.25, 0.3) is 0 Å². The summed E-state index contributed by atoms with van der Waals surface area (Å²) in [5.41, 5.74) is 1.00. The molecular formula is C9H6BrNO2. The minimum absolute atomic E-state index is 0.0301. The molecule has 0 aliphatic heterocycles. The van der Waals surface area contributed by atoms with E-state index < -0.39 is 5.97 Å². The van der Waals surface area contributed by atoms with Crippen LogP contribution in [-0.4, -0.2) is 11.1 Å². The largest absolute Gasteiger partial charge is 0.478 e. The fourth-order valence-electron chi connectivity index (χ4n) is 0.982. The SMILES string of the molecule is Cc1ccc(C#N)c(C(=O)O)c1Br. The molecule has 0 radical (unpaired) electrons. The van der Waals surface area contributed by atoms with Crippen molar-refractivity contribution in [3.63, 3.8) is 0 Å². The number of rotatable bonds is 1. The van der Waals surface area contributed by atoms with Gasteiger partial charge in [-0.25, -0.2) is 4.79 Å². The van der Waals surface area contributed by atoms with E-state index in [4.69, 9.17) is 10.4 Å². The summed E-state index contributed by atoms with van der Waals surface area (Å²) in [5.74, 6) is -1.09. The van der Waals surface area contributed by atoms with E-state index in [2.05, 4.69) is 15.9 Å². The maximum atomic E-state index is 10.8. The number of hydrogen-bond acceptors (Lipinski definition) is 2. The molecule has 0 heterocycles. The molecule has 3 nitrogen and oxygen atoms in total. The number of benzene rings is 1. The normalized spacial score (nSPS) is 9.31. The summed E-state index contributed by atoms with van der Waals surface area (Å²) >= 11 is 3.14. The molecule has 0 aliphatic rings. The van der Waals surface area contributed by atoms with Crippen LogP contribution < -0.4 is 0 Å². The Morgan fingerprint density at radius 3 is 2.69 bits per heavy atom. The molecule has 0 fully saturated rings. The lowest BCUT2D eigenvalue weighted by Gasteiger charge is -2.03. The number of aromatic carboxylic acids is 1. The number of halogens is 1. The highest BCUT2D eigenvalue weighted by atomic mass is 79.9. The van der Waals surface area contributed by atoms with Crippen LogP contribution in [0.15, 0.2) is 16.6 Å². The topological polar surface area (TPSA) is 61.1 Å². The highest BCUT2D eigenvalue weighted by Gasteiger charge is 2.15. The third kappa shape index (κ3) is 1.70. The van der Waals surface area contributed by atoms with Crippen LogP contribution in [-0.2, 0) is 0 Å². The molecule has 66 valence electrons. The first kappa shape index (κ1) is 9.75. The number of nitriles is 1. The van der Waals surface area contributed by atoms with Gasteiger partial charge in [0.15, 0.2) is 0 Å². The summed E-state index contributed by atoms with van der Waals surface area (Å²) in [6.07, 6.45) is 0. The second kappa shape index (κ2) is 3.58. The third-order valence-electron chi connectivity index (χ3n) is 1.67. The Kier molecular flexibility index (Phi) is 2.69. The summed E-state index contributed by atoms with van der Waals surface area (Å²) in [6.45, 7) is 1.78. The van der Waals surface area contributed by atoms with Crippen molar-refractivity contribution in [3.05, 3.63) is 33.3 Å². The molecule has 4 heteroatoms. The number of carboxylic acid groups (broad SMARTS) is 1. The molecule has 0 saturated carbocycles. The Morgan fingerprint density at radius 1 is 1.62 bits per heavy atom. The van der Waals surface area contributed by atoms with Gasteiger partial charge in [0.1, 0.15) is 6.07 Å². The van der Waals surface area contributed by atoms with Crippen LogP contribution in [0.5, 0.6) is 0 Å². The predicted molar refractivity (Wildman–Crippen MR) is 50.6 cm³/mol. The van der Waals surface area contributed by atoms with E-state index in [0.29, 0.717) is 4.47 Å². The fourth-order valence-corrected chi connectivity index (χ4v) is 1.50. The predicted octanol–water partition coefficient (Wildman–Crippen LogP) is 2.33. The molecule has 1 rings (SSSR count). The molecule has 0 amide bonds. The van der Waals surface area contributed by atoms with Gasteiger partial charge in [-0.3, -0.25) is 0 Å². The van der Waals surface area contributed by atoms with Crippen LogP contribution in [0.3, 0.4) is 0 Å². The van der Waals surface area contributed by atoms with Crippen LogP contribution in [0, 0.1) is 18.3 Å². The molecule has 0 aliphatic carbocycles. The Balaban J connectivity index is 3.53. The van der Waals surface area contributed by atoms with E-state index >= 15 is 0 Å². The zero-order valence-corrected chi connectivity index (χ0v) is 8.42. The van der Waals surface area contributed by atoms with Gasteiger partial charge in [0.25, 0.3) is 0 Å². The number of aryl methyl sites for hydroxylation is 1. The summed E-state index contributed by atoms with van der Waals surface area (Å²) in [6, 6.07) is 5.04. The lowest BCUT2D eigenvalue weighted by molar-refractivity contribution is 0.0695. The molecule has 0 unspecified atom stereocenters. The standard InChI is InChI=1S/C9H6BrNO2/c1-5-2-3-6(4-11)7(8(5)10)9(12)13/h2-3H,1H3,(H,12,13). The number of carbonyl (C=O) groups is 1. The van der Waals surface area contributed by atoms with E-state index in [1.165, 1.54) is 6.07 Å². The highest BCUT2D eigenvalue weighted by molar-refractivity contribution is 9.10. The van der Waals surface area contributed by atoms with Crippen LogP contribution in [0.1, 0.15) is 21.5 Å². The van der Waals surface area contributed by atoms with Gasteiger partial charge in [0.05, 0.1) is 11.1 Å². The molecule has 0 bridgehead atoms. The van der Waals surface area contributed by atoms with E-state index in [-0.39, 0.29) is 11.1 Å². The van der Waals surface area contributed by atoms with E-state index in [0.717, 1.165) is 5.56 Å². The second-order valence-corrected chi connectivity index (χ2v) is 3.33. The van der Waals surface area contributed by atoms with Crippen molar-refractivity contribution >= 4 is 21.9 Å². The summed E-state index contributed by atoms with van der Waals surface area (Å²) in [4.78, 5) is 10.8. The molecule has 0 spiro atoms. The lowest BCUT2D eigenvalue weighted by Crippen LogP contribution is -2.02. The molecule has 1 aromatic carbocycles. The maximum Gasteiger partial charge on any atom is 0.338 e. The first-order valence-corrected chi connectivity index (χ1v) is 4.29. The third-order valence-corrected chi connectivity index (χ3v) is 2.69. The highest BCUT2D eigenvalue weighted by Crippen LogP contribution is 2.24. The Bertz CT molecular complexity index is 407. The summed E-state index contributed by atoms with van der Waals surface area (Å²) in [5, 5.41) is 17.5. The van der Waals surface area contributed by atoms with Crippen LogP contribution in [0.2, 0.25) is 0 Å². The molecular weight excluding hydrogens is 234 g/mol. The Morgan fingerprint density at radius 2 is 2.23 bits per heavy atom. The summed E-state index contributed by atoms with van der Waals surface area (Å²) in [7, 11) is 0. The first-order valence-electron chi connectivity index (χ1n) is 3.50. The van der Waals surface area contributed by atoms with Gasteiger partial charge in [-0.05, 0) is 34.5 Å². The average Bonchev–Trinajstić information content (AvgIpc) is 2.08. The fraction of sp³-hybridized carbons (Fsp3) is 0.111. The van der Waals surface area contributed by atoms with Crippen molar-refractivity contribution in [2.45, 2.75) is 6.92 Å². The maximum absolute atomic E-state index is 10.8. The Labute approximate surface area is 83.7 Å².